The average molecular weight is 313 g/mol. The Labute approximate surface area is 124 Å². The van der Waals surface area contributed by atoms with Crippen molar-refractivity contribution >= 4 is 10.0 Å². The highest BCUT2D eigenvalue weighted by Gasteiger charge is 2.35. The zero-order valence-electron chi connectivity index (χ0n) is 11.7. The molecule has 1 aromatic carbocycles. The van der Waals surface area contributed by atoms with Crippen LogP contribution < -0.4 is 14.2 Å². The summed E-state index contributed by atoms with van der Waals surface area (Å²) in [7, 11) is -3.66. The van der Waals surface area contributed by atoms with Crippen LogP contribution in [0.5, 0.6) is 11.5 Å². The molecular formula is C14H19NO5S. The van der Waals surface area contributed by atoms with Crippen molar-refractivity contribution in [2.24, 2.45) is 0 Å². The van der Waals surface area contributed by atoms with Crippen molar-refractivity contribution in [1.29, 1.82) is 0 Å². The van der Waals surface area contributed by atoms with Crippen LogP contribution in [0.15, 0.2) is 23.1 Å². The summed E-state index contributed by atoms with van der Waals surface area (Å²) >= 11 is 0. The minimum Gasteiger partial charge on any atom is -0.490 e. The van der Waals surface area contributed by atoms with E-state index in [4.69, 9.17) is 9.47 Å². The highest BCUT2D eigenvalue weighted by atomic mass is 32.2. The van der Waals surface area contributed by atoms with Crippen molar-refractivity contribution in [3.63, 3.8) is 0 Å². The normalized spacial score (nSPS) is 20.4. The molecule has 1 aliphatic carbocycles. The van der Waals surface area contributed by atoms with Gasteiger partial charge < -0.3 is 14.6 Å². The molecule has 0 radical (unpaired) electrons. The summed E-state index contributed by atoms with van der Waals surface area (Å²) in [6.07, 6.45) is 2.97. The lowest BCUT2D eigenvalue weighted by molar-refractivity contribution is -0.0270. The molecule has 0 spiro atoms. The van der Waals surface area contributed by atoms with Crippen molar-refractivity contribution < 1.29 is 23.0 Å². The molecule has 116 valence electrons. The maximum Gasteiger partial charge on any atom is 0.240 e. The van der Waals surface area contributed by atoms with Gasteiger partial charge >= 0.3 is 0 Å². The molecule has 0 saturated heterocycles. The van der Waals surface area contributed by atoms with E-state index in [1.54, 1.807) is 6.07 Å². The van der Waals surface area contributed by atoms with Gasteiger partial charge in [-0.1, -0.05) is 0 Å². The van der Waals surface area contributed by atoms with E-state index in [0.29, 0.717) is 37.6 Å². The molecule has 0 atom stereocenters. The Morgan fingerprint density at radius 1 is 1.14 bits per heavy atom. The van der Waals surface area contributed by atoms with Crippen LogP contribution in [0.3, 0.4) is 0 Å². The summed E-state index contributed by atoms with van der Waals surface area (Å²) in [6.45, 7) is 1.11. The fourth-order valence-electron chi connectivity index (χ4n) is 2.39. The summed E-state index contributed by atoms with van der Waals surface area (Å²) in [6, 6.07) is 4.56. The van der Waals surface area contributed by atoms with Crippen LogP contribution in [-0.4, -0.2) is 38.9 Å². The Balaban J connectivity index is 1.77. The maximum absolute atomic E-state index is 12.3. The first-order valence-corrected chi connectivity index (χ1v) is 8.59. The van der Waals surface area contributed by atoms with Crippen molar-refractivity contribution in [2.75, 3.05) is 19.8 Å². The maximum atomic E-state index is 12.3. The van der Waals surface area contributed by atoms with Crippen LogP contribution in [0.25, 0.3) is 0 Å². The molecule has 2 N–H and O–H groups in total. The van der Waals surface area contributed by atoms with Gasteiger partial charge in [-0.2, -0.15) is 0 Å². The van der Waals surface area contributed by atoms with E-state index in [1.165, 1.54) is 12.1 Å². The molecule has 3 rings (SSSR count). The second kappa shape index (κ2) is 5.47. The van der Waals surface area contributed by atoms with Crippen molar-refractivity contribution in [1.82, 2.24) is 4.72 Å². The molecule has 1 heterocycles. The monoisotopic (exact) mass is 313 g/mol. The van der Waals surface area contributed by atoms with Gasteiger partial charge in [0, 0.05) is 19.0 Å². The Kier molecular flexibility index (Phi) is 3.81. The predicted molar refractivity (Wildman–Crippen MR) is 76.0 cm³/mol. The van der Waals surface area contributed by atoms with Crippen LogP contribution >= 0.6 is 0 Å². The van der Waals surface area contributed by atoms with E-state index in [-0.39, 0.29) is 11.4 Å². The van der Waals surface area contributed by atoms with Gasteiger partial charge in [-0.05, 0) is 31.4 Å². The minimum atomic E-state index is -3.66. The molecule has 1 fully saturated rings. The Morgan fingerprint density at radius 3 is 2.52 bits per heavy atom. The zero-order valence-corrected chi connectivity index (χ0v) is 12.5. The highest BCUT2D eigenvalue weighted by molar-refractivity contribution is 7.89. The van der Waals surface area contributed by atoms with Crippen molar-refractivity contribution in [3.8, 4) is 11.5 Å². The first-order chi connectivity index (χ1) is 9.99. The van der Waals surface area contributed by atoms with E-state index in [2.05, 4.69) is 4.72 Å². The zero-order chi connectivity index (χ0) is 14.9. The number of nitrogens with one attached hydrogen (secondary N) is 1. The molecule has 0 unspecified atom stereocenters. The fourth-order valence-corrected chi connectivity index (χ4v) is 3.52. The number of hydrogen-bond acceptors (Lipinski definition) is 5. The molecule has 0 aromatic heterocycles. The van der Waals surface area contributed by atoms with Gasteiger partial charge in [0.15, 0.2) is 11.5 Å². The standard InChI is InChI=1S/C14H19NO5S/c16-14(5-1-6-14)10-15-21(17,18)11-3-4-12-13(9-11)20-8-2-7-19-12/h3-4,9,15-16H,1-2,5-8,10H2. The molecule has 21 heavy (non-hydrogen) atoms. The molecular weight excluding hydrogens is 294 g/mol. The average Bonchev–Trinajstić information content (AvgIpc) is 2.67. The largest absolute Gasteiger partial charge is 0.490 e. The topological polar surface area (TPSA) is 84.9 Å². The minimum absolute atomic E-state index is 0.0454. The summed E-state index contributed by atoms with van der Waals surface area (Å²) in [5.41, 5.74) is -0.891. The van der Waals surface area contributed by atoms with E-state index in [9.17, 15) is 13.5 Å². The molecule has 2 aliphatic rings. The van der Waals surface area contributed by atoms with Gasteiger partial charge in [0.05, 0.1) is 23.7 Å². The Hall–Kier alpha value is -1.31. The van der Waals surface area contributed by atoms with Crippen LogP contribution in [0.1, 0.15) is 25.7 Å². The van der Waals surface area contributed by atoms with Gasteiger partial charge in [0.2, 0.25) is 10.0 Å². The van der Waals surface area contributed by atoms with E-state index in [0.717, 1.165) is 12.8 Å². The van der Waals surface area contributed by atoms with Crippen LogP contribution in [0.2, 0.25) is 0 Å². The summed E-state index contributed by atoms with van der Waals surface area (Å²) in [5.74, 6) is 1.00. The highest BCUT2D eigenvalue weighted by Crippen LogP contribution is 2.33. The van der Waals surface area contributed by atoms with Gasteiger partial charge in [-0.15, -0.1) is 0 Å². The Bertz CT molecular complexity index is 624. The van der Waals surface area contributed by atoms with Crippen LogP contribution in [-0.2, 0) is 10.0 Å². The molecule has 1 aromatic rings. The Morgan fingerprint density at radius 2 is 1.86 bits per heavy atom. The predicted octanol–water partition coefficient (Wildman–Crippen LogP) is 1.04. The SMILES string of the molecule is O=S(=O)(NCC1(O)CCC1)c1ccc2c(c1)OCCCO2. The van der Waals surface area contributed by atoms with E-state index >= 15 is 0 Å². The van der Waals surface area contributed by atoms with Gasteiger partial charge in [-0.25, -0.2) is 13.1 Å². The second-order valence-electron chi connectivity index (χ2n) is 5.56. The van der Waals surface area contributed by atoms with Crippen LogP contribution in [0.4, 0.5) is 0 Å². The first-order valence-electron chi connectivity index (χ1n) is 7.10. The number of sulfonamides is 1. The number of fused-ring (bicyclic) bond motifs is 1. The molecule has 1 saturated carbocycles. The van der Waals surface area contributed by atoms with Crippen LogP contribution in [0, 0.1) is 0 Å². The van der Waals surface area contributed by atoms with E-state index in [1.807, 2.05) is 0 Å². The lowest BCUT2D eigenvalue weighted by Gasteiger charge is -2.36. The summed E-state index contributed by atoms with van der Waals surface area (Å²) < 4.78 is 38.0. The third-order valence-electron chi connectivity index (χ3n) is 3.90. The third-order valence-corrected chi connectivity index (χ3v) is 5.30. The fraction of sp³-hybridized carbons (Fsp3) is 0.571. The van der Waals surface area contributed by atoms with Crippen molar-refractivity contribution in [2.45, 2.75) is 36.2 Å². The second-order valence-corrected chi connectivity index (χ2v) is 7.33. The summed E-state index contributed by atoms with van der Waals surface area (Å²) in [4.78, 5) is 0.120. The summed E-state index contributed by atoms with van der Waals surface area (Å²) in [5, 5.41) is 9.98. The molecule has 0 bridgehead atoms. The number of rotatable bonds is 4. The number of aliphatic hydroxyl groups is 1. The first kappa shape index (κ1) is 14.6. The lowest BCUT2D eigenvalue weighted by atomic mass is 9.81. The molecule has 7 heteroatoms. The van der Waals surface area contributed by atoms with Gasteiger partial charge in [0.1, 0.15) is 0 Å². The van der Waals surface area contributed by atoms with E-state index < -0.39 is 15.6 Å². The number of benzene rings is 1. The quantitative estimate of drug-likeness (QED) is 0.867. The third kappa shape index (κ3) is 3.14. The smallest absolute Gasteiger partial charge is 0.240 e. The molecule has 0 amide bonds. The van der Waals surface area contributed by atoms with Gasteiger partial charge in [0.25, 0.3) is 0 Å². The molecule has 6 nitrogen and oxygen atoms in total. The van der Waals surface area contributed by atoms with Crippen molar-refractivity contribution in [3.05, 3.63) is 18.2 Å². The number of hydrogen-bond donors (Lipinski definition) is 2. The van der Waals surface area contributed by atoms with Gasteiger partial charge in [-0.3, -0.25) is 0 Å². The lowest BCUT2D eigenvalue weighted by Crippen LogP contribution is -2.47. The number of ether oxygens (including phenoxy) is 2. The molecule has 1 aliphatic heterocycles.